The van der Waals surface area contributed by atoms with Gasteiger partial charge in [-0.1, -0.05) is 18.5 Å². The summed E-state index contributed by atoms with van der Waals surface area (Å²) < 4.78 is 35.1. The zero-order chi connectivity index (χ0) is 19.2. The van der Waals surface area contributed by atoms with Gasteiger partial charge in [0.2, 0.25) is 0 Å². The second-order valence-corrected chi connectivity index (χ2v) is 10.4. The molecule has 0 N–H and O–H groups in total. The average Bonchev–Trinajstić information content (AvgIpc) is 3.14. The van der Waals surface area contributed by atoms with Gasteiger partial charge in [-0.15, -0.1) is 0 Å². The van der Waals surface area contributed by atoms with Gasteiger partial charge in [0, 0.05) is 25.2 Å². The predicted molar refractivity (Wildman–Crippen MR) is 103 cm³/mol. The quantitative estimate of drug-likeness (QED) is 0.737. The van der Waals surface area contributed by atoms with Gasteiger partial charge in [-0.25, -0.2) is 13.1 Å². The molecule has 4 heterocycles. The van der Waals surface area contributed by atoms with Gasteiger partial charge in [-0.2, -0.15) is 9.40 Å². The van der Waals surface area contributed by atoms with Gasteiger partial charge in [-0.3, -0.25) is 0 Å². The zero-order valence-electron chi connectivity index (χ0n) is 16.1. The molecular weight excluding hydrogens is 388 g/mol. The Bertz CT molecular complexity index is 762. The van der Waals surface area contributed by atoms with E-state index in [4.69, 9.17) is 16.3 Å². The van der Waals surface area contributed by atoms with Crippen molar-refractivity contribution in [1.82, 2.24) is 19.0 Å². The highest BCUT2D eigenvalue weighted by Crippen LogP contribution is 2.42. The third-order valence-electron chi connectivity index (χ3n) is 6.50. The molecule has 3 aliphatic heterocycles. The van der Waals surface area contributed by atoms with Gasteiger partial charge >= 0.3 is 0 Å². The number of aromatic nitrogens is 2. The molecular formula is C18H29ClN4O3S. The van der Waals surface area contributed by atoms with Gasteiger partial charge in [0.1, 0.15) is 6.73 Å². The molecule has 0 amide bonds. The molecule has 0 aromatic carbocycles. The lowest BCUT2D eigenvalue weighted by atomic mass is 9.93. The fourth-order valence-electron chi connectivity index (χ4n) is 5.11. The second kappa shape index (κ2) is 7.63. The van der Waals surface area contributed by atoms with Gasteiger partial charge in [0.05, 0.1) is 11.2 Å². The van der Waals surface area contributed by atoms with Gasteiger partial charge < -0.3 is 9.64 Å². The molecule has 0 spiro atoms. The number of fused-ring (bicyclic) bond motifs is 2. The first-order valence-corrected chi connectivity index (χ1v) is 11.7. The Morgan fingerprint density at radius 3 is 2.37 bits per heavy atom. The van der Waals surface area contributed by atoms with Crippen molar-refractivity contribution in [2.45, 2.75) is 75.3 Å². The molecule has 3 aliphatic rings. The molecule has 3 atom stereocenters. The van der Waals surface area contributed by atoms with Gasteiger partial charge in [-0.05, 0) is 57.5 Å². The van der Waals surface area contributed by atoms with Crippen LogP contribution in [0.25, 0.3) is 0 Å². The van der Waals surface area contributed by atoms with Crippen LogP contribution in [0.15, 0.2) is 11.2 Å². The molecule has 4 rings (SSSR count). The van der Waals surface area contributed by atoms with Crippen LogP contribution in [0.4, 0.5) is 0 Å². The highest BCUT2D eigenvalue weighted by atomic mass is 35.5. The van der Waals surface area contributed by atoms with Crippen LogP contribution in [0.2, 0.25) is 5.02 Å². The van der Waals surface area contributed by atoms with Crippen molar-refractivity contribution in [2.75, 3.05) is 20.2 Å². The third kappa shape index (κ3) is 3.55. The van der Waals surface area contributed by atoms with E-state index in [1.54, 1.807) is 4.31 Å². The van der Waals surface area contributed by atoms with E-state index in [-0.39, 0.29) is 28.9 Å². The molecule has 1 aromatic heterocycles. The number of rotatable bonds is 5. The second-order valence-electron chi connectivity index (χ2n) is 8.28. The Hall–Kier alpha value is -0.670. The Labute approximate surface area is 166 Å². The average molecular weight is 417 g/mol. The first kappa shape index (κ1) is 19.6. The molecule has 1 aromatic rings. The summed E-state index contributed by atoms with van der Waals surface area (Å²) >= 11 is 6.21. The van der Waals surface area contributed by atoms with Crippen LogP contribution >= 0.6 is 11.6 Å². The Kier molecular flexibility index (Phi) is 5.55. The first-order chi connectivity index (χ1) is 12.9. The highest BCUT2D eigenvalue weighted by Gasteiger charge is 2.49. The predicted octanol–water partition coefficient (Wildman–Crippen LogP) is 2.56. The number of ether oxygens (including phenoxy) is 1. The summed E-state index contributed by atoms with van der Waals surface area (Å²) in [5.74, 6) is 0.807. The summed E-state index contributed by atoms with van der Waals surface area (Å²) in [7, 11) is -2.18. The molecule has 0 radical (unpaired) electrons. The van der Waals surface area contributed by atoms with E-state index in [9.17, 15) is 8.42 Å². The fraction of sp³-hybridized carbons (Fsp3) is 0.833. The number of piperidine rings is 2. The Morgan fingerprint density at radius 2 is 1.78 bits per heavy atom. The third-order valence-corrected chi connectivity index (χ3v) is 8.96. The Balaban J connectivity index is 1.55. The van der Waals surface area contributed by atoms with Crippen molar-refractivity contribution in [3.8, 4) is 0 Å². The molecule has 1 unspecified atom stereocenters. The Morgan fingerprint density at radius 1 is 1.15 bits per heavy atom. The number of likely N-dealkylation sites (tertiary alicyclic amines) is 1. The van der Waals surface area contributed by atoms with E-state index in [0.29, 0.717) is 6.04 Å². The normalized spacial score (nSPS) is 30.9. The number of methoxy groups -OCH3 is 1. The van der Waals surface area contributed by atoms with E-state index in [2.05, 4.69) is 16.9 Å². The number of hydrogen-bond donors (Lipinski definition) is 0. The molecule has 2 bridgehead atoms. The summed E-state index contributed by atoms with van der Waals surface area (Å²) in [6.07, 6.45) is 7.58. The van der Waals surface area contributed by atoms with Crippen LogP contribution in [0, 0.1) is 5.92 Å². The van der Waals surface area contributed by atoms with Gasteiger partial charge in [0.15, 0.2) is 5.03 Å². The lowest BCUT2D eigenvalue weighted by Crippen LogP contribution is -2.53. The largest absolute Gasteiger partial charge is 0.362 e. The van der Waals surface area contributed by atoms with Crippen LogP contribution < -0.4 is 0 Å². The van der Waals surface area contributed by atoms with Crippen molar-refractivity contribution in [3.63, 3.8) is 0 Å². The number of nitrogens with zero attached hydrogens (tertiary/aromatic N) is 4. The van der Waals surface area contributed by atoms with E-state index in [1.807, 2.05) is 0 Å². The minimum absolute atomic E-state index is 0.0556. The van der Waals surface area contributed by atoms with Gasteiger partial charge in [0.25, 0.3) is 10.0 Å². The monoisotopic (exact) mass is 416 g/mol. The summed E-state index contributed by atoms with van der Waals surface area (Å²) in [4.78, 5) is 2.59. The number of hydrogen-bond acceptors (Lipinski definition) is 5. The molecule has 0 aliphatic carbocycles. The maximum Gasteiger partial charge on any atom is 0.262 e. The van der Waals surface area contributed by atoms with Crippen LogP contribution in [0.3, 0.4) is 0 Å². The van der Waals surface area contributed by atoms with E-state index in [0.717, 1.165) is 44.7 Å². The van der Waals surface area contributed by atoms with E-state index in [1.165, 1.54) is 30.8 Å². The molecule has 3 saturated heterocycles. The van der Waals surface area contributed by atoms with Crippen molar-refractivity contribution in [2.24, 2.45) is 5.92 Å². The SMILES string of the molecule is COCn1ncc(Cl)c1S(=O)(=O)N1[C@@H]2CC[C@H]1CC(N1CCC(C)CC1)C2. The number of halogens is 1. The van der Waals surface area contributed by atoms with Crippen molar-refractivity contribution >= 4 is 21.6 Å². The highest BCUT2D eigenvalue weighted by molar-refractivity contribution is 7.89. The fourth-order valence-corrected chi connectivity index (χ4v) is 7.58. The van der Waals surface area contributed by atoms with Crippen molar-refractivity contribution < 1.29 is 13.2 Å². The molecule has 9 heteroatoms. The lowest BCUT2D eigenvalue weighted by Gasteiger charge is -2.44. The topological polar surface area (TPSA) is 67.7 Å². The minimum Gasteiger partial charge on any atom is -0.362 e. The lowest BCUT2D eigenvalue weighted by molar-refractivity contribution is 0.0750. The summed E-state index contributed by atoms with van der Waals surface area (Å²) in [5.41, 5.74) is 0. The molecule has 0 saturated carbocycles. The summed E-state index contributed by atoms with van der Waals surface area (Å²) in [6, 6.07) is 0.612. The van der Waals surface area contributed by atoms with Crippen molar-refractivity contribution in [3.05, 3.63) is 11.2 Å². The van der Waals surface area contributed by atoms with E-state index >= 15 is 0 Å². The van der Waals surface area contributed by atoms with Crippen LogP contribution in [0.1, 0.15) is 45.4 Å². The maximum atomic E-state index is 13.5. The smallest absolute Gasteiger partial charge is 0.262 e. The van der Waals surface area contributed by atoms with Crippen LogP contribution in [-0.4, -0.2) is 65.7 Å². The van der Waals surface area contributed by atoms with E-state index < -0.39 is 10.0 Å². The molecule has 7 nitrogen and oxygen atoms in total. The summed E-state index contributed by atoms with van der Waals surface area (Å²) in [6.45, 7) is 4.68. The number of sulfonamides is 1. The van der Waals surface area contributed by atoms with Crippen molar-refractivity contribution in [1.29, 1.82) is 0 Å². The van der Waals surface area contributed by atoms with Crippen LogP contribution in [-0.2, 0) is 21.5 Å². The zero-order valence-corrected chi connectivity index (χ0v) is 17.6. The summed E-state index contributed by atoms with van der Waals surface area (Å²) in [5, 5.41) is 4.31. The molecule has 27 heavy (non-hydrogen) atoms. The minimum atomic E-state index is -3.70. The van der Waals surface area contributed by atoms with Crippen LogP contribution in [0.5, 0.6) is 0 Å². The molecule has 152 valence electrons. The maximum absolute atomic E-state index is 13.5. The first-order valence-electron chi connectivity index (χ1n) is 9.89. The standard InChI is InChI=1S/C18H29ClN4O3S/c1-13-5-7-21(8-6-13)16-9-14-3-4-15(10-16)23(14)27(24,25)18-17(19)11-20-22(18)12-26-2/h11,13-16H,3-10,12H2,1-2H3/t14-,15+,16?. The molecule has 3 fully saturated rings.